The van der Waals surface area contributed by atoms with Gasteiger partial charge in [-0.3, -0.25) is 0 Å². The van der Waals surface area contributed by atoms with Gasteiger partial charge in [0, 0.05) is 30.1 Å². The van der Waals surface area contributed by atoms with Crippen LogP contribution in [0.5, 0.6) is 11.5 Å². The molecule has 5 heteroatoms. The molecule has 5 nitrogen and oxygen atoms in total. The van der Waals surface area contributed by atoms with Gasteiger partial charge in [0.05, 0.1) is 14.2 Å². The van der Waals surface area contributed by atoms with Crippen LogP contribution in [-0.2, 0) is 6.54 Å². The first-order chi connectivity index (χ1) is 8.76. The normalized spacial score (nSPS) is 10.4. The fourth-order valence-corrected chi connectivity index (χ4v) is 1.73. The zero-order valence-corrected chi connectivity index (χ0v) is 10.8. The summed E-state index contributed by atoms with van der Waals surface area (Å²) in [5.41, 5.74) is 1.97. The van der Waals surface area contributed by atoms with E-state index >= 15 is 0 Å². The molecule has 0 unspecified atom stereocenters. The quantitative estimate of drug-likeness (QED) is 0.846. The van der Waals surface area contributed by atoms with E-state index in [1.165, 1.54) is 0 Å². The lowest BCUT2D eigenvalue weighted by Gasteiger charge is -2.06. The molecule has 0 spiro atoms. The van der Waals surface area contributed by atoms with Crippen LogP contribution in [0.4, 0.5) is 0 Å². The third-order valence-corrected chi connectivity index (χ3v) is 2.62. The molecule has 1 aromatic heterocycles. The predicted octanol–water partition coefficient (Wildman–Crippen LogP) is 1.81. The SMILES string of the molecule is CNCc1cnc(-c2cc(OC)cc(OC)c2)[nH]1. The maximum Gasteiger partial charge on any atom is 0.137 e. The van der Waals surface area contributed by atoms with Crippen LogP contribution in [0.1, 0.15) is 5.69 Å². The number of imidazole rings is 1. The van der Waals surface area contributed by atoms with Gasteiger partial charge in [0.1, 0.15) is 17.3 Å². The lowest BCUT2D eigenvalue weighted by molar-refractivity contribution is 0.394. The molecule has 0 amide bonds. The van der Waals surface area contributed by atoms with E-state index in [4.69, 9.17) is 9.47 Å². The maximum absolute atomic E-state index is 5.24. The summed E-state index contributed by atoms with van der Waals surface area (Å²) < 4.78 is 10.5. The Balaban J connectivity index is 2.35. The second kappa shape index (κ2) is 5.55. The van der Waals surface area contributed by atoms with Crippen molar-refractivity contribution in [2.45, 2.75) is 6.54 Å². The molecule has 0 aliphatic rings. The molecule has 96 valence electrons. The number of methoxy groups -OCH3 is 2. The molecule has 2 aromatic rings. The van der Waals surface area contributed by atoms with Gasteiger partial charge in [-0.1, -0.05) is 0 Å². The summed E-state index contributed by atoms with van der Waals surface area (Å²) in [5.74, 6) is 2.30. The van der Waals surface area contributed by atoms with Crippen molar-refractivity contribution in [3.63, 3.8) is 0 Å². The highest BCUT2D eigenvalue weighted by molar-refractivity contribution is 5.61. The first-order valence-corrected chi connectivity index (χ1v) is 5.68. The van der Waals surface area contributed by atoms with Gasteiger partial charge in [0.25, 0.3) is 0 Å². The number of hydrogen-bond acceptors (Lipinski definition) is 4. The number of nitrogens with one attached hydrogen (secondary N) is 2. The number of hydrogen-bond donors (Lipinski definition) is 2. The highest BCUT2D eigenvalue weighted by Gasteiger charge is 2.07. The Hall–Kier alpha value is -2.01. The van der Waals surface area contributed by atoms with Gasteiger partial charge in [-0.15, -0.1) is 0 Å². The third-order valence-electron chi connectivity index (χ3n) is 2.62. The number of aromatic amines is 1. The Morgan fingerprint density at radius 1 is 1.17 bits per heavy atom. The van der Waals surface area contributed by atoms with Crippen LogP contribution in [0.3, 0.4) is 0 Å². The van der Waals surface area contributed by atoms with Crippen molar-refractivity contribution in [2.75, 3.05) is 21.3 Å². The first kappa shape index (κ1) is 12.4. The van der Waals surface area contributed by atoms with Gasteiger partial charge in [-0.25, -0.2) is 4.98 Å². The number of ether oxygens (including phenoxy) is 2. The van der Waals surface area contributed by atoms with Crippen LogP contribution >= 0.6 is 0 Å². The number of benzene rings is 1. The van der Waals surface area contributed by atoms with Gasteiger partial charge in [-0.2, -0.15) is 0 Å². The number of aromatic nitrogens is 2. The van der Waals surface area contributed by atoms with Crippen LogP contribution in [0, 0.1) is 0 Å². The minimum atomic E-state index is 0.746. The third kappa shape index (κ3) is 2.62. The van der Waals surface area contributed by atoms with E-state index in [1.54, 1.807) is 14.2 Å². The van der Waals surface area contributed by atoms with Crippen LogP contribution in [0.2, 0.25) is 0 Å². The lowest BCUT2D eigenvalue weighted by Crippen LogP contribution is -2.04. The van der Waals surface area contributed by atoms with Crippen molar-refractivity contribution in [3.8, 4) is 22.9 Å². The minimum Gasteiger partial charge on any atom is -0.497 e. The first-order valence-electron chi connectivity index (χ1n) is 5.68. The highest BCUT2D eigenvalue weighted by atomic mass is 16.5. The van der Waals surface area contributed by atoms with Gasteiger partial charge in [-0.05, 0) is 19.2 Å². The molecule has 0 aliphatic heterocycles. The van der Waals surface area contributed by atoms with Crippen molar-refractivity contribution < 1.29 is 9.47 Å². The largest absolute Gasteiger partial charge is 0.497 e. The van der Waals surface area contributed by atoms with E-state index in [0.29, 0.717) is 0 Å². The Bertz CT molecular complexity index is 500. The summed E-state index contributed by atoms with van der Waals surface area (Å²) in [5, 5.41) is 3.07. The summed E-state index contributed by atoms with van der Waals surface area (Å²) >= 11 is 0. The molecule has 0 bridgehead atoms. The van der Waals surface area contributed by atoms with Crippen molar-refractivity contribution >= 4 is 0 Å². The van der Waals surface area contributed by atoms with Gasteiger partial charge >= 0.3 is 0 Å². The Morgan fingerprint density at radius 2 is 1.83 bits per heavy atom. The van der Waals surface area contributed by atoms with Crippen LogP contribution in [-0.4, -0.2) is 31.2 Å². The van der Waals surface area contributed by atoms with Crippen molar-refractivity contribution in [2.24, 2.45) is 0 Å². The number of H-pyrrole nitrogens is 1. The van der Waals surface area contributed by atoms with Crippen molar-refractivity contribution in [3.05, 3.63) is 30.1 Å². The van der Waals surface area contributed by atoms with Crippen molar-refractivity contribution in [1.82, 2.24) is 15.3 Å². The number of nitrogens with zero attached hydrogens (tertiary/aromatic N) is 1. The second-order valence-electron chi connectivity index (χ2n) is 3.89. The Labute approximate surface area is 106 Å². The molecule has 2 N–H and O–H groups in total. The van der Waals surface area contributed by atoms with E-state index < -0.39 is 0 Å². The minimum absolute atomic E-state index is 0.746. The van der Waals surface area contributed by atoms with Gasteiger partial charge in [0.2, 0.25) is 0 Å². The molecule has 0 atom stereocenters. The molecule has 1 heterocycles. The fourth-order valence-electron chi connectivity index (χ4n) is 1.73. The molecule has 18 heavy (non-hydrogen) atoms. The van der Waals surface area contributed by atoms with Crippen LogP contribution < -0.4 is 14.8 Å². The smallest absolute Gasteiger partial charge is 0.137 e. The lowest BCUT2D eigenvalue weighted by atomic mass is 10.2. The number of rotatable bonds is 5. The monoisotopic (exact) mass is 247 g/mol. The Kier molecular flexibility index (Phi) is 3.84. The average Bonchev–Trinajstić information content (AvgIpc) is 2.87. The van der Waals surface area contributed by atoms with E-state index in [9.17, 15) is 0 Å². The maximum atomic E-state index is 5.24. The summed E-state index contributed by atoms with van der Waals surface area (Å²) in [6, 6.07) is 5.68. The van der Waals surface area contributed by atoms with E-state index in [0.717, 1.165) is 35.1 Å². The summed E-state index contributed by atoms with van der Waals surface area (Å²) in [7, 11) is 5.16. The van der Waals surface area contributed by atoms with Crippen LogP contribution in [0.15, 0.2) is 24.4 Å². The standard InChI is InChI=1S/C13H17N3O2/c1-14-7-10-8-15-13(16-10)9-4-11(17-2)6-12(5-9)18-3/h4-6,8,14H,7H2,1-3H3,(H,15,16). The predicted molar refractivity (Wildman–Crippen MR) is 69.9 cm³/mol. The molecular weight excluding hydrogens is 230 g/mol. The summed E-state index contributed by atoms with van der Waals surface area (Å²) in [6.45, 7) is 0.758. The van der Waals surface area contributed by atoms with Gasteiger partial charge < -0.3 is 19.8 Å². The van der Waals surface area contributed by atoms with E-state index in [2.05, 4.69) is 15.3 Å². The second-order valence-corrected chi connectivity index (χ2v) is 3.89. The molecule has 0 fully saturated rings. The molecule has 2 rings (SSSR count). The van der Waals surface area contributed by atoms with E-state index in [1.807, 2.05) is 31.4 Å². The zero-order chi connectivity index (χ0) is 13.0. The fraction of sp³-hybridized carbons (Fsp3) is 0.308. The van der Waals surface area contributed by atoms with Crippen LogP contribution in [0.25, 0.3) is 11.4 Å². The average molecular weight is 247 g/mol. The highest BCUT2D eigenvalue weighted by Crippen LogP contribution is 2.28. The zero-order valence-electron chi connectivity index (χ0n) is 10.8. The molecule has 0 radical (unpaired) electrons. The molecule has 0 saturated carbocycles. The molecule has 0 saturated heterocycles. The summed E-state index contributed by atoms with van der Waals surface area (Å²) in [6.07, 6.45) is 1.82. The van der Waals surface area contributed by atoms with Crippen molar-refractivity contribution in [1.29, 1.82) is 0 Å². The molecule has 0 aliphatic carbocycles. The molecule has 1 aromatic carbocycles. The topological polar surface area (TPSA) is 59.2 Å². The van der Waals surface area contributed by atoms with Gasteiger partial charge in [0.15, 0.2) is 0 Å². The molecular formula is C13H17N3O2. The summed E-state index contributed by atoms with van der Waals surface area (Å²) in [4.78, 5) is 7.60. The van der Waals surface area contributed by atoms with E-state index in [-0.39, 0.29) is 0 Å². The Morgan fingerprint density at radius 3 is 2.39 bits per heavy atom.